The monoisotopic (exact) mass is 333 g/mol. The second-order valence-electron chi connectivity index (χ2n) is 6.48. The van der Waals surface area contributed by atoms with E-state index in [4.69, 9.17) is 4.74 Å². The summed E-state index contributed by atoms with van der Waals surface area (Å²) in [5.41, 5.74) is 0.774. The number of morpholine rings is 1. The highest BCUT2D eigenvalue weighted by molar-refractivity contribution is 5.92. The van der Waals surface area contributed by atoms with Gasteiger partial charge in [-0.3, -0.25) is 4.90 Å². The number of nitrogens with one attached hydrogen (secondary N) is 2. The maximum atomic E-state index is 12.3. The number of carbonyl (C=O) groups is 1. The van der Waals surface area contributed by atoms with Crippen molar-refractivity contribution in [2.45, 2.75) is 25.8 Å². The van der Waals surface area contributed by atoms with E-state index in [1.807, 2.05) is 19.1 Å². The molecule has 1 atom stereocenters. The van der Waals surface area contributed by atoms with Crippen molar-refractivity contribution in [2.24, 2.45) is 0 Å². The Bertz CT molecular complexity index is 542. The van der Waals surface area contributed by atoms with E-state index >= 15 is 0 Å². The molecule has 0 bridgehead atoms. The molecule has 2 amide bonds. The molecular weight excluding hydrogens is 306 g/mol. The Hall–Kier alpha value is -1.86. The van der Waals surface area contributed by atoms with Gasteiger partial charge in [0.15, 0.2) is 5.82 Å². The number of rotatable bonds is 5. The minimum absolute atomic E-state index is 0.0787. The zero-order valence-corrected chi connectivity index (χ0v) is 14.3. The molecule has 2 fully saturated rings. The van der Waals surface area contributed by atoms with Crippen molar-refractivity contribution in [1.29, 1.82) is 0 Å². The van der Waals surface area contributed by atoms with Gasteiger partial charge in [-0.05, 0) is 31.9 Å². The second-order valence-corrected chi connectivity index (χ2v) is 6.48. The van der Waals surface area contributed by atoms with Crippen LogP contribution in [0.1, 0.15) is 19.8 Å². The number of aromatic nitrogens is 1. The maximum Gasteiger partial charge on any atom is 0.319 e. The van der Waals surface area contributed by atoms with Gasteiger partial charge >= 0.3 is 6.03 Å². The Morgan fingerprint density at radius 1 is 1.29 bits per heavy atom. The third-order valence-corrected chi connectivity index (χ3v) is 4.45. The highest BCUT2D eigenvalue weighted by Crippen LogP contribution is 2.25. The fourth-order valence-corrected chi connectivity index (χ4v) is 3.27. The fourth-order valence-electron chi connectivity index (χ4n) is 3.27. The number of pyridine rings is 1. The van der Waals surface area contributed by atoms with E-state index in [-0.39, 0.29) is 12.1 Å². The molecule has 2 aliphatic rings. The number of hydrogen-bond acceptors (Lipinski definition) is 5. The summed E-state index contributed by atoms with van der Waals surface area (Å²) >= 11 is 0. The van der Waals surface area contributed by atoms with Crippen molar-refractivity contribution in [1.82, 2.24) is 15.2 Å². The summed E-state index contributed by atoms with van der Waals surface area (Å²) < 4.78 is 5.35. The highest BCUT2D eigenvalue weighted by Gasteiger charge is 2.19. The summed E-state index contributed by atoms with van der Waals surface area (Å²) in [5.74, 6) is 0.867. The Morgan fingerprint density at radius 3 is 2.79 bits per heavy atom. The normalized spacial score (nSPS) is 20.0. The SMILES string of the molecule is CC(CN1CCOCC1)NC(=O)Nc1cccnc1N1CCCC1. The quantitative estimate of drug-likeness (QED) is 0.855. The summed E-state index contributed by atoms with van der Waals surface area (Å²) in [5, 5.41) is 5.97. The predicted molar refractivity (Wildman–Crippen MR) is 94.6 cm³/mol. The number of ether oxygens (including phenoxy) is 1. The van der Waals surface area contributed by atoms with Gasteiger partial charge in [0.1, 0.15) is 0 Å². The summed E-state index contributed by atoms with van der Waals surface area (Å²) in [6.45, 7) is 8.26. The van der Waals surface area contributed by atoms with E-state index in [1.54, 1.807) is 6.20 Å². The minimum atomic E-state index is -0.177. The van der Waals surface area contributed by atoms with Crippen LogP contribution in [0.5, 0.6) is 0 Å². The van der Waals surface area contributed by atoms with Crippen molar-refractivity contribution in [3.05, 3.63) is 18.3 Å². The first kappa shape index (κ1) is 17.0. The van der Waals surface area contributed by atoms with Gasteiger partial charge < -0.3 is 20.3 Å². The zero-order chi connectivity index (χ0) is 16.8. The van der Waals surface area contributed by atoms with Crippen molar-refractivity contribution < 1.29 is 9.53 Å². The van der Waals surface area contributed by atoms with Crippen LogP contribution in [0.3, 0.4) is 0 Å². The predicted octanol–water partition coefficient (Wildman–Crippen LogP) is 1.52. The van der Waals surface area contributed by atoms with Gasteiger partial charge in [0, 0.05) is 45.0 Å². The van der Waals surface area contributed by atoms with Crippen LogP contribution in [0.4, 0.5) is 16.3 Å². The molecule has 0 spiro atoms. The zero-order valence-electron chi connectivity index (χ0n) is 14.3. The lowest BCUT2D eigenvalue weighted by Gasteiger charge is -2.29. The number of urea groups is 1. The molecular formula is C17H27N5O2. The Kier molecular flexibility index (Phi) is 5.87. The third kappa shape index (κ3) is 4.58. The first-order valence-electron chi connectivity index (χ1n) is 8.80. The Morgan fingerprint density at radius 2 is 2.04 bits per heavy atom. The molecule has 0 radical (unpaired) electrons. The van der Waals surface area contributed by atoms with Gasteiger partial charge in [-0.25, -0.2) is 9.78 Å². The van der Waals surface area contributed by atoms with E-state index < -0.39 is 0 Å². The maximum absolute atomic E-state index is 12.3. The molecule has 7 heteroatoms. The number of nitrogens with zero attached hydrogens (tertiary/aromatic N) is 3. The van der Waals surface area contributed by atoms with E-state index in [2.05, 4.69) is 25.4 Å². The standard InChI is InChI=1S/C17H27N5O2/c1-14(13-21-9-11-24-12-10-21)19-17(23)20-15-5-4-6-18-16(15)22-7-2-3-8-22/h4-6,14H,2-3,7-13H2,1H3,(H2,19,20,23). The molecule has 2 N–H and O–H groups in total. The third-order valence-electron chi connectivity index (χ3n) is 4.45. The lowest BCUT2D eigenvalue weighted by atomic mass is 10.3. The van der Waals surface area contributed by atoms with Gasteiger partial charge in [0.25, 0.3) is 0 Å². The van der Waals surface area contributed by atoms with Crippen molar-refractivity contribution in [3.63, 3.8) is 0 Å². The number of hydrogen-bond donors (Lipinski definition) is 2. The lowest BCUT2D eigenvalue weighted by molar-refractivity contribution is 0.0350. The molecule has 0 aliphatic carbocycles. The smallest absolute Gasteiger partial charge is 0.319 e. The van der Waals surface area contributed by atoms with Crippen LogP contribution in [-0.2, 0) is 4.74 Å². The largest absolute Gasteiger partial charge is 0.379 e. The van der Waals surface area contributed by atoms with Crippen LogP contribution in [0.15, 0.2) is 18.3 Å². The molecule has 3 heterocycles. The summed E-state index contributed by atoms with van der Waals surface area (Å²) in [7, 11) is 0. The van der Waals surface area contributed by atoms with Gasteiger partial charge in [-0.2, -0.15) is 0 Å². The molecule has 0 saturated carbocycles. The van der Waals surface area contributed by atoms with Crippen molar-refractivity contribution in [2.75, 3.05) is 56.2 Å². The van der Waals surface area contributed by atoms with Crippen LogP contribution in [0.2, 0.25) is 0 Å². The molecule has 1 aromatic heterocycles. The molecule has 2 saturated heterocycles. The van der Waals surface area contributed by atoms with E-state index in [0.717, 1.165) is 57.4 Å². The van der Waals surface area contributed by atoms with Crippen LogP contribution < -0.4 is 15.5 Å². The molecule has 132 valence electrons. The fraction of sp³-hybridized carbons (Fsp3) is 0.647. The average molecular weight is 333 g/mol. The van der Waals surface area contributed by atoms with Crippen LogP contribution in [0, 0.1) is 0 Å². The van der Waals surface area contributed by atoms with Crippen LogP contribution in [-0.4, -0.2) is 67.9 Å². The summed E-state index contributed by atoms with van der Waals surface area (Å²) in [6, 6.07) is 3.67. The molecule has 1 unspecified atom stereocenters. The van der Waals surface area contributed by atoms with Gasteiger partial charge in [0.05, 0.1) is 18.9 Å². The molecule has 24 heavy (non-hydrogen) atoms. The number of carbonyl (C=O) groups excluding carboxylic acids is 1. The second kappa shape index (κ2) is 8.30. The summed E-state index contributed by atoms with van der Waals surface area (Å²) in [4.78, 5) is 21.3. The number of amides is 2. The van der Waals surface area contributed by atoms with Crippen LogP contribution in [0.25, 0.3) is 0 Å². The van der Waals surface area contributed by atoms with Gasteiger partial charge in [-0.1, -0.05) is 0 Å². The van der Waals surface area contributed by atoms with Crippen molar-refractivity contribution in [3.8, 4) is 0 Å². The Balaban J connectivity index is 1.52. The topological polar surface area (TPSA) is 69.7 Å². The first-order chi connectivity index (χ1) is 11.7. The van der Waals surface area contributed by atoms with E-state index in [0.29, 0.717) is 0 Å². The highest BCUT2D eigenvalue weighted by atomic mass is 16.5. The van der Waals surface area contributed by atoms with E-state index in [1.165, 1.54) is 12.8 Å². The first-order valence-corrected chi connectivity index (χ1v) is 8.80. The van der Waals surface area contributed by atoms with E-state index in [9.17, 15) is 4.79 Å². The van der Waals surface area contributed by atoms with Gasteiger partial charge in [-0.15, -0.1) is 0 Å². The lowest BCUT2D eigenvalue weighted by Crippen LogP contribution is -2.47. The number of anilines is 2. The van der Waals surface area contributed by atoms with Crippen molar-refractivity contribution >= 4 is 17.5 Å². The molecule has 7 nitrogen and oxygen atoms in total. The van der Waals surface area contributed by atoms with Crippen LogP contribution >= 0.6 is 0 Å². The summed E-state index contributed by atoms with van der Waals surface area (Å²) in [6.07, 6.45) is 4.13. The van der Waals surface area contributed by atoms with Gasteiger partial charge in [0.2, 0.25) is 0 Å². The molecule has 3 rings (SSSR count). The molecule has 0 aromatic carbocycles. The minimum Gasteiger partial charge on any atom is -0.379 e. The Labute approximate surface area is 143 Å². The molecule has 1 aromatic rings. The average Bonchev–Trinajstić information content (AvgIpc) is 3.10. The molecule has 2 aliphatic heterocycles.